The van der Waals surface area contributed by atoms with Gasteiger partial charge >= 0.3 is 5.91 Å². The SMILES string of the molecule is CCOc1cc(/C=N\NC(=O)c2cc3ccccc3o2)cc([N+](=O)[O-])c1[O-]. The Hall–Kier alpha value is -3.88. The first kappa shape index (κ1) is 17.9. The van der Waals surface area contributed by atoms with Crippen LogP contribution in [0.4, 0.5) is 5.69 Å². The van der Waals surface area contributed by atoms with Gasteiger partial charge in [0, 0.05) is 22.8 Å². The Bertz CT molecular complexity index is 1010. The first-order valence-corrected chi connectivity index (χ1v) is 7.94. The fraction of sp³-hybridized carbons (Fsp3) is 0.111. The summed E-state index contributed by atoms with van der Waals surface area (Å²) in [5.41, 5.74) is 2.43. The van der Waals surface area contributed by atoms with E-state index in [1.807, 2.05) is 6.07 Å². The molecule has 0 unspecified atom stereocenters. The second-order valence-corrected chi connectivity index (χ2v) is 5.41. The van der Waals surface area contributed by atoms with Crippen LogP contribution in [-0.4, -0.2) is 23.7 Å². The highest BCUT2D eigenvalue weighted by Gasteiger charge is 2.14. The number of hydrazone groups is 1. The molecule has 0 aliphatic rings. The van der Waals surface area contributed by atoms with E-state index in [1.165, 1.54) is 12.3 Å². The normalized spacial score (nSPS) is 11.0. The molecule has 0 atom stereocenters. The molecule has 0 saturated carbocycles. The van der Waals surface area contributed by atoms with Gasteiger partial charge in [-0.1, -0.05) is 18.2 Å². The van der Waals surface area contributed by atoms with Crippen LogP contribution >= 0.6 is 0 Å². The molecule has 0 fully saturated rings. The molecule has 2 aromatic carbocycles. The maximum Gasteiger partial charge on any atom is 0.307 e. The van der Waals surface area contributed by atoms with Gasteiger partial charge in [0.15, 0.2) is 5.76 Å². The lowest BCUT2D eigenvalue weighted by molar-refractivity contribution is -0.398. The number of hydrogen-bond donors (Lipinski definition) is 1. The molecule has 1 N–H and O–H groups in total. The summed E-state index contributed by atoms with van der Waals surface area (Å²) in [4.78, 5) is 22.3. The summed E-state index contributed by atoms with van der Waals surface area (Å²) in [6.07, 6.45) is 1.18. The molecule has 0 bridgehead atoms. The third-order valence-corrected chi connectivity index (χ3v) is 3.58. The third kappa shape index (κ3) is 3.87. The van der Waals surface area contributed by atoms with Crippen LogP contribution in [0.3, 0.4) is 0 Å². The summed E-state index contributed by atoms with van der Waals surface area (Å²) in [7, 11) is 0. The van der Waals surface area contributed by atoms with Crippen LogP contribution in [-0.2, 0) is 0 Å². The van der Waals surface area contributed by atoms with Crippen LogP contribution in [0.25, 0.3) is 11.0 Å². The van der Waals surface area contributed by atoms with Crippen LogP contribution in [0.5, 0.6) is 11.5 Å². The Morgan fingerprint density at radius 1 is 1.33 bits per heavy atom. The highest BCUT2D eigenvalue weighted by atomic mass is 16.6. The average molecular weight is 368 g/mol. The Morgan fingerprint density at radius 2 is 2.11 bits per heavy atom. The van der Waals surface area contributed by atoms with Gasteiger partial charge in [-0.3, -0.25) is 14.9 Å². The number of carbonyl (C=O) groups excluding carboxylic acids is 1. The number of ether oxygens (including phenoxy) is 1. The molecule has 1 heterocycles. The van der Waals surface area contributed by atoms with Crippen molar-refractivity contribution in [2.45, 2.75) is 6.92 Å². The lowest BCUT2D eigenvalue weighted by Gasteiger charge is -2.14. The fourth-order valence-electron chi connectivity index (χ4n) is 2.40. The predicted molar refractivity (Wildman–Crippen MR) is 95.0 cm³/mol. The maximum absolute atomic E-state index is 12.1. The number of furan rings is 1. The molecule has 0 aliphatic heterocycles. The number of nitrogens with one attached hydrogen (secondary N) is 1. The molecule has 1 aromatic heterocycles. The Kier molecular flexibility index (Phi) is 5.02. The van der Waals surface area contributed by atoms with Gasteiger partial charge in [-0.2, -0.15) is 5.10 Å². The number of rotatable bonds is 6. The van der Waals surface area contributed by atoms with Gasteiger partial charge in [0.1, 0.15) is 11.3 Å². The predicted octanol–water partition coefficient (Wildman–Crippen LogP) is 2.58. The van der Waals surface area contributed by atoms with E-state index in [-0.39, 0.29) is 23.7 Å². The zero-order chi connectivity index (χ0) is 19.4. The van der Waals surface area contributed by atoms with Crippen LogP contribution in [0.1, 0.15) is 23.0 Å². The van der Waals surface area contributed by atoms with Crippen molar-refractivity contribution in [3.8, 4) is 11.5 Å². The summed E-state index contributed by atoms with van der Waals surface area (Å²) >= 11 is 0. The summed E-state index contributed by atoms with van der Waals surface area (Å²) in [6.45, 7) is 1.83. The molecule has 0 aliphatic carbocycles. The van der Waals surface area contributed by atoms with Crippen molar-refractivity contribution in [1.82, 2.24) is 5.43 Å². The average Bonchev–Trinajstić information content (AvgIpc) is 3.08. The minimum absolute atomic E-state index is 0.0734. The van der Waals surface area contributed by atoms with E-state index in [4.69, 9.17) is 9.15 Å². The molecular formula is C18H14N3O6-. The van der Waals surface area contributed by atoms with E-state index < -0.39 is 22.3 Å². The first-order chi connectivity index (χ1) is 13.0. The number of amides is 1. The molecule has 3 aromatic rings. The quantitative estimate of drug-likeness (QED) is 0.404. The largest absolute Gasteiger partial charge is 0.865 e. The van der Waals surface area contributed by atoms with Gasteiger partial charge in [-0.25, -0.2) is 5.43 Å². The summed E-state index contributed by atoms with van der Waals surface area (Å²) in [6, 6.07) is 11.1. The van der Waals surface area contributed by atoms with Crippen molar-refractivity contribution in [1.29, 1.82) is 0 Å². The number of para-hydroxylation sites is 1. The Morgan fingerprint density at radius 3 is 2.81 bits per heavy atom. The van der Waals surface area contributed by atoms with Crippen molar-refractivity contribution in [3.63, 3.8) is 0 Å². The zero-order valence-corrected chi connectivity index (χ0v) is 14.2. The lowest BCUT2D eigenvalue weighted by Crippen LogP contribution is -2.16. The molecule has 0 spiro atoms. The smallest absolute Gasteiger partial charge is 0.307 e. The van der Waals surface area contributed by atoms with Crippen LogP contribution in [0, 0.1) is 10.1 Å². The number of nitro benzene ring substituents is 1. The van der Waals surface area contributed by atoms with Gasteiger partial charge < -0.3 is 14.3 Å². The Labute approximate surface area is 153 Å². The first-order valence-electron chi connectivity index (χ1n) is 7.94. The maximum atomic E-state index is 12.1. The van der Waals surface area contributed by atoms with Crippen molar-refractivity contribution < 1.29 is 24.0 Å². The molecule has 1 amide bonds. The van der Waals surface area contributed by atoms with Crippen molar-refractivity contribution in [2.24, 2.45) is 5.10 Å². The molecule has 138 valence electrons. The molecule has 0 saturated heterocycles. The molecule has 9 nitrogen and oxygen atoms in total. The molecule has 27 heavy (non-hydrogen) atoms. The van der Waals surface area contributed by atoms with Gasteiger partial charge in [0.2, 0.25) is 0 Å². The minimum Gasteiger partial charge on any atom is -0.865 e. The van der Waals surface area contributed by atoms with Gasteiger partial charge in [-0.15, -0.1) is 0 Å². The van der Waals surface area contributed by atoms with Gasteiger partial charge in [0.25, 0.3) is 5.69 Å². The topological polar surface area (TPSA) is 130 Å². The molecule has 3 rings (SSSR count). The van der Waals surface area contributed by atoms with Gasteiger partial charge in [0.05, 0.1) is 17.7 Å². The highest BCUT2D eigenvalue weighted by molar-refractivity contribution is 5.96. The van der Waals surface area contributed by atoms with Crippen LogP contribution < -0.4 is 15.3 Å². The minimum atomic E-state index is -0.815. The number of hydrogen-bond acceptors (Lipinski definition) is 7. The highest BCUT2D eigenvalue weighted by Crippen LogP contribution is 2.34. The van der Waals surface area contributed by atoms with Crippen LogP contribution in [0.15, 0.2) is 52.0 Å². The number of carbonyl (C=O) groups is 1. The molecular weight excluding hydrogens is 354 g/mol. The second kappa shape index (κ2) is 7.56. The van der Waals surface area contributed by atoms with E-state index in [0.717, 1.165) is 11.5 Å². The van der Waals surface area contributed by atoms with E-state index >= 15 is 0 Å². The van der Waals surface area contributed by atoms with Gasteiger partial charge in [-0.05, 0) is 25.1 Å². The summed E-state index contributed by atoms with van der Waals surface area (Å²) < 4.78 is 10.5. The number of benzene rings is 2. The second-order valence-electron chi connectivity index (χ2n) is 5.41. The number of nitrogens with zero attached hydrogens (tertiary/aromatic N) is 2. The zero-order valence-electron chi connectivity index (χ0n) is 14.2. The number of fused-ring (bicyclic) bond motifs is 1. The molecule has 0 radical (unpaired) electrons. The van der Waals surface area contributed by atoms with Crippen molar-refractivity contribution >= 4 is 28.8 Å². The van der Waals surface area contributed by atoms with Crippen molar-refractivity contribution in [3.05, 3.63) is 63.9 Å². The third-order valence-electron chi connectivity index (χ3n) is 3.58. The van der Waals surface area contributed by atoms with E-state index in [9.17, 15) is 20.0 Å². The Balaban J connectivity index is 1.78. The van der Waals surface area contributed by atoms with E-state index in [2.05, 4.69) is 10.5 Å². The fourth-order valence-corrected chi connectivity index (χ4v) is 2.40. The summed E-state index contributed by atoms with van der Waals surface area (Å²) in [5.74, 6) is -1.48. The lowest BCUT2D eigenvalue weighted by atomic mass is 10.2. The van der Waals surface area contributed by atoms with E-state index in [1.54, 1.807) is 31.2 Å². The van der Waals surface area contributed by atoms with Crippen LogP contribution in [0.2, 0.25) is 0 Å². The van der Waals surface area contributed by atoms with E-state index in [0.29, 0.717) is 5.58 Å². The summed E-state index contributed by atoms with van der Waals surface area (Å²) in [5, 5.41) is 27.4. The standard InChI is InChI=1S/C18H15N3O6/c1-2-26-15-8-11(7-13(17(15)22)21(24)25)10-19-20-18(23)16-9-12-5-3-4-6-14(12)27-16/h3-10,22H,2H2,1H3,(H,20,23)/p-1/b19-10-. The molecule has 9 heteroatoms. The monoisotopic (exact) mass is 368 g/mol. The number of nitro groups is 1. The van der Waals surface area contributed by atoms with Crippen molar-refractivity contribution in [2.75, 3.05) is 6.61 Å².